The lowest BCUT2D eigenvalue weighted by atomic mass is 10.3. The molecule has 0 aliphatic heterocycles. The number of hydrogen-bond donors (Lipinski definition) is 1. The van der Waals surface area contributed by atoms with Gasteiger partial charge in [-0.15, -0.1) is 0 Å². The van der Waals surface area contributed by atoms with Crippen molar-refractivity contribution in [2.45, 2.75) is 26.0 Å². The van der Waals surface area contributed by atoms with Crippen LogP contribution < -0.4 is 5.32 Å². The minimum Gasteiger partial charge on any atom is -0.431 e. The zero-order valence-electron chi connectivity index (χ0n) is 15.6. The van der Waals surface area contributed by atoms with Crippen LogP contribution in [0.2, 0.25) is 0 Å². The summed E-state index contributed by atoms with van der Waals surface area (Å²) >= 11 is 1.24. The van der Waals surface area contributed by atoms with Crippen molar-refractivity contribution in [1.29, 1.82) is 0 Å². The van der Waals surface area contributed by atoms with E-state index in [2.05, 4.69) is 25.4 Å². The summed E-state index contributed by atoms with van der Waals surface area (Å²) in [5.41, 5.74) is 3.89. The van der Waals surface area contributed by atoms with E-state index < -0.39 is 0 Å². The molecule has 0 unspecified atom stereocenters. The first-order valence-electron chi connectivity index (χ1n) is 8.65. The molecular formula is C19H18N6O2S. The van der Waals surface area contributed by atoms with Crippen LogP contribution in [0.4, 0.5) is 5.82 Å². The molecule has 8 nitrogen and oxygen atoms in total. The van der Waals surface area contributed by atoms with Crippen molar-refractivity contribution in [3.8, 4) is 5.95 Å². The highest BCUT2D eigenvalue weighted by Gasteiger charge is 2.15. The van der Waals surface area contributed by atoms with Gasteiger partial charge in [0.05, 0.1) is 11.4 Å². The SMILES string of the molecule is Cc1cc(C)nc(-n2nc(C)cc2NC(=O)CSc2nc3ccccc3o2)n1. The molecule has 0 saturated carbocycles. The zero-order chi connectivity index (χ0) is 19.7. The van der Waals surface area contributed by atoms with E-state index in [1.54, 1.807) is 6.07 Å². The van der Waals surface area contributed by atoms with Crippen LogP contribution in [0.15, 0.2) is 46.0 Å². The number of thioether (sulfide) groups is 1. The van der Waals surface area contributed by atoms with Gasteiger partial charge in [0, 0.05) is 17.5 Å². The Morgan fingerprint density at radius 2 is 1.82 bits per heavy atom. The number of rotatable bonds is 5. The van der Waals surface area contributed by atoms with E-state index in [-0.39, 0.29) is 11.7 Å². The third kappa shape index (κ3) is 3.89. The summed E-state index contributed by atoms with van der Waals surface area (Å²) in [6, 6.07) is 11.2. The molecule has 0 radical (unpaired) electrons. The Labute approximate surface area is 165 Å². The number of aromatic nitrogens is 5. The molecule has 0 aliphatic carbocycles. The predicted molar refractivity (Wildman–Crippen MR) is 107 cm³/mol. The van der Waals surface area contributed by atoms with Crippen LogP contribution >= 0.6 is 11.8 Å². The van der Waals surface area contributed by atoms with Crippen LogP contribution in [0.3, 0.4) is 0 Å². The van der Waals surface area contributed by atoms with Gasteiger partial charge in [0.15, 0.2) is 5.58 Å². The fraction of sp³-hybridized carbons (Fsp3) is 0.211. The average molecular weight is 394 g/mol. The molecule has 3 heterocycles. The molecule has 28 heavy (non-hydrogen) atoms. The summed E-state index contributed by atoms with van der Waals surface area (Å²) in [4.78, 5) is 25.6. The summed E-state index contributed by atoms with van der Waals surface area (Å²) in [5, 5.41) is 7.72. The Kier molecular flexibility index (Phi) is 4.82. The fourth-order valence-electron chi connectivity index (χ4n) is 2.76. The standard InChI is InChI=1S/C19H18N6O2S/c1-11-8-12(2)21-18(20-11)25-16(9-13(3)24-25)23-17(26)10-28-19-22-14-6-4-5-7-15(14)27-19/h4-9H,10H2,1-3H3,(H,23,26). The Hall–Kier alpha value is -3.20. The number of para-hydroxylation sites is 2. The zero-order valence-corrected chi connectivity index (χ0v) is 16.4. The predicted octanol–water partition coefficient (Wildman–Crippen LogP) is 3.46. The molecule has 4 rings (SSSR count). The highest BCUT2D eigenvalue weighted by molar-refractivity contribution is 7.99. The number of aryl methyl sites for hydroxylation is 3. The van der Waals surface area contributed by atoms with Crippen molar-refractivity contribution in [3.63, 3.8) is 0 Å². The Morgan fingerprint density at radius 3 is 2.57 bits per heavy atom. The molecule has 3 aromatic heterocycles. The molecule has 0 atom stereocenters. The first-order chi connectivity index (χ1) is 13.5. The van der Waals surface area contributed by atoms with Gasteiger partial charge < -0.3 is 9.73 Å². The smallest absolute Gasteiger partial charge is 0.257 e. The third-order valence-electron chi connectivity index (χ3n) is 3.86. The second-order valence-electron chi connectivity index (χ2n) is 6.32. The molecule has 1 aromatic carbocycles. The number of amides is 1. The number of fused-ring (bicyclic) bond motifs is 1. The normalized spacial score (nSPS) is 11.1. The first-order valence-corrected chi connectivity index (χ1v) is 9.64. The topological polar surface area (TPSA) is 98.7 Å². The van der Waals surface area contributed by atoms with E-state index in [4.69, 9.17) is 4.42 Å². The third-order valence-corrected chi connectivity index (χ3v) is 4.69. The van der Waals surface area contributed by atoms with Gasteiger partial charge in [-0.25, -0.2) is 15.0 Å². The number of oxazole rings is 1. The summed E-state index contributed by atoms with van der Waals surface area (Å²) in [5.74, 6) is 0.904. The van der Waals surface area contributed by atoms with Crippen molar-refractivity contribution in [3.05, 3.63) is 53.5 Å². The van der Waals surface area contributed by atoms with E-state index >= 15 is 0 Å². The van der Waals surface area contributed by atoms with E-state index in [0.29, 0.717) is 22.6 Å². The van der Waals surface area contributed by atoms with Crippen molar-refractivity contribution >= 4 is 34.6 Å². The van der Waals surface area contributed by atoms with E-state index in [1.807, 2.05) is 51.1 Å². The van der Waals surface area contributed by atoms with Gasteiger partial charge in [-0.05, 0) is 39.0 Å². The van der Waals surface area contributed by atoms with Crippen molar-refractivity contribution in [2.24, 2.45) is 0 Å². The van der Waals surface area contributed by atoms with Crippen LogP contribution in [0.5, 0.6) is 0 Å². The van der Waals surface area contributed by atoms with Gasteiger partial charge in [-0.3, -0.25) is 4.79 Å². The summed E-state index contributed by atoms with van der Waals surface area (Å²) in [6.45, 7) is 5.63. The number of nitrogens with zero attached hydrogens (tertiary/aromatic N) is 5. The summed E-state index contributed by atoms with van der Waals surface area (Å²) < 4.78 is 7.17. The molecule has 1 N–H and O–H groups in total. The Balaban J connectivity index is 1.48. The monoisotopic (exact) mass is 394 g/mol. The molecule has 1 amide bonds. The van der Waals surface area contributed by atoms with Crippen molar-refractivity contribution in [2.75, 3.05) is 11.1 Å². The average Bonchev–Trinajstić information content (AvgIpc) is 3.22. The summed E-state index contributed by atoms with van der Waals surface area (Å²) in [7, 11) is 0. The fourth-order valence-corrected chi connectivity index (χ4v) is 3.40. The molecule has 0 fully saturated rings. The molecule has 142 valence electrons. The van der Waals surface area contributed by atoms with Crippen LogP contribution in [0, 0.1) is 20.8 Å². The molecule has 9 heteroatoms. The maximum atomic E-state index is 12.4. The molecular weight excluding hydrogens is 376 g/mol. The van der Waals surface area contributed by atoms with Gasteiger partial charge in [-0.1, -0.05) is 23.9 Å². The van der Waals surface area contributed by atoms with Crippen LogP contribution in [-0.2, 0) is 4.79 Å². The Morgan fingerprint density at radius 1 is 1.07 bits per heavy atom. The number of nitrogens with one attached hydrogen (secondary N) is 1. The largest absolute Gasteiger partial charge is 0.431 e. The highest BCUT2D eigenvalue weighted by Crippen LogP contribution is 2.23. The maximum absolute atomic E-state index is 12.4. The van der Waals surface area contributed by atoms with E-state index in [9.17, 15) is 4.79 Å². The van der Waals surface area contributed by atoms with Crippen molar-refractivity contribution < 1.29 is 9.21 Å². The number of anilines is 1. The first kappa shape index (κ1) is 18.2. The van der Waals surface area contributed by atoms with E-state index in [0.717, 1.165) is 22.6 Å². The number of hydrogen-bond acceptors (Lipinski definition) is 7. The quantitative estimate of drug-likeness (QED) is 0.518. The lowest BCUT2D eigenvalue weighted by Gasteiger charge is -2.08. The molecule has 4 aromatic rings. The van der Waals surface area contributed by atoms with Gasteiger partial charge in [-0.2, -0.15) is 9.78 Å². The molecule has 0 aliphatic rings. The minimum absolute atomic E-state index is 0.157. The van der Waals surface area contributed by atoms with Gasteiger partial charge >= 0.3 is 0 Å². The molecule has 0 saturated heterocycles. The van der Waals surface area contributed by atoms with Crippen LogP contribution in [-0.4, -0.2) is 36.4 Å². The number of carbonyl (C=O) groups excluding carboxylic acids is 1. The minimum atomic E-state index is -0.196. The van der Waals surface area contributed by atoms with Gasteiger partial charge in [0.2, 0.25) is 5.91 Å². The van der Waals surface area contributed by atoms with Crippen LogP contribution in [0.25, 0.3) is 17.0 Å². The molecule has 0 bridgehead atoms. The lowest BCUT2D eigenvalue weighted by molar-refractivity contribution is -0.113. The second kappa shape index (κ2) is 7.43. The van der Waals surface area contributed by atoms with Crippen molar-refractivity contribution in [1.82, 2.24) is 24.7 Å². The number of carbonyl (C=O) groups is 1. The highest BCUT2D eigenvalue weighted by atomic mass is 32.2. The lowest BCUT2D eigenvalue weighted by Crippen LogP contribution is -2.18. The van der Waals surface area contributed by atoms with Gasteiger partial charge in [0.1, 0.15) is 11.3 Å². The van der Waals surface area contributed by atoms with E-state index in [1.165, 1.54) is 16.4 Å². The summed E-state index contributed by atoms with van der Waals surface area (Å²) in [6.07, 6.45) is 0. The Bertz CT molecular complexity index is 1110. The van der Waals surface area contributed by atoms with Crippen LogP contribution in [0.1, 0.15) is 17.1 Å². The second-order valence-corrected chi connectivity index (χ2v) is 7.24. The van der Waals surface area contributed by atoms with Gasteiger partial charge in [0.25, 0.3) is 11.2 Å². The number of benzene rings is 1. The maximum Gasteiger partial charge on any atom is 0.257 e. The molecule has 0 spiro atoms.